The van der Waals surface area contributed by atoms with E-state index in [0.29, 0.717) is 45.2 Å². The second-order valence-electron chi connectivity index (χ2n) is 8.73. The van der Waals surface area contributed by atoms with Crippen molar-refractivity contribution in [3.05, 3.63) is 70.2 Å². The summed E-state index contributed by atoms with van der Waals surface area (Å²) in [5.41, 5.74) is 5.81. The Kier molecular flexibility index (Phi) is 9.03. The topological polar surface area (TPSA) is 96.8 Å². The van der Waals surface area contributed by atoms with Crippen molar-refractivity contribution >= 4 is 23.2 Å². The average molecular weight is 555 g/mol. The molecule has 1 aliphatic heterocycles. The van der Waals surface area contributed by atoms with Crippen molar-refractivity contribution in [1.82, 2.24) is 5.43 Å². The van der Waals surface area contributed by atoms with E-state index in [1.54, 1.807) is 59.6 Å². The molecule has 1 aliphatic rings. The molecule has 39 heavy (non-hydrogen) atoms. The summed E-state index contributed by atoms with van der Waals surface area (Å²) in [4.78, 5) is 12.4. The molecule has 1 amide bonds. The summed E-state index contributed by atoms with van der Waals surface area (Å²) in [6.45, 7) is 1.55. The third-order valence-corrected chi connectivity index (χ3v) is 6.58. The van der Waals surface area contributed by atoms with Gasteiger partial charge in [-0.2, -0.15) is 5.10 Å². The van der Waals surface area contributed by atoms with Crippen LogP contribution in [0.1, 0.15) is 36.1 Å². The van der Waals surface area contributed by atoms with E-state index >= 15 is 0 Å². The van der Waals surface area contributed by atoms with Gasteiger partial charge in [-0.1, -0.05) is 23.7 Å². The first kappa shape index (κ1) is 27.9. The maximum atomic E-state index is 12.4. The van der Waals surface area contributed by atoms with Gasteiger partial charge in [-0.05, 0) is 55.2 Å². The molecule has 3 aromatic carbocycles. The van der Waals surface area contributed by atoms with Crippen LogP contribution in [0.3, 0.4) is 0 Å². The third kappa shape index (κ3) is 6.49. The standard InChI is InChI=1S/C29H31ClN2O7/c1-17(18-6-8-20(30)9-7-18)31-32-28(33)16-38-21-14-24(34-2)22-10-11-23(39-25(22)15-21)19-12-26(35-3)29(37-5)27(13-19)36-4/h6-9,12-15,23H,10-11,16H2,1-5H3,(H,32,33)/b31-17+. The molecule has 1 atom stereocenters. The fourth-order valence-electron chi connectivity index (χ4n) is 4.31. The van der Waals surface area contributed by atoms with E-state index in [-0.39, 0.29) is 12.7 Å². The zero-order chi connectivity index (χ0) is 27.9. The van der Waals surface area contributed by atoms with Crippen molar-refractivity contribution in [3.8, 4) is 34.5 Å². The Labute approximate surface area is 232 Å². The van der Waals surface area contributed by atoms with E-state index < -0.39 is 5.91 Å². The molecule has 0 aromatic heterocycles. The van der Waals surface area contributed by atoms with E-state index in [1.165, 1.54) is 0 Å². The maximum absolute atomic E-state index is 12.4. The Balaban J connectivity index is 1.47. The summed E-state index contributed by atoms with van der Waals surface area (Å²) >= 11 is 5.93. The van der Waals surface area contributed by atoms with Crippen molar-refractivity contribution in [3.63, 3.8) is 0 Å². The van der Waals surface area contributed by atoms with Gasteiger partial charge in [0.15, 0.2) is 18.1 Å². The first-order valence-electron chi connectivity index (χ1n) is 12.3. The number of ether oxygens (including phenoxy) is 6. The number of nitrogens with zero attached hydrogens (tertiary/aromatic N) is 1. The average Bonchev–Trinajstić information content (AvgIpc) is 2.97. The number of hydrogen-bond acceptors (Lipinski definition) is 8. The van der Waals surface area contributed by atoms with Gasteiger partial charge in [0.25, 0.3) is 5.91 Å². The van der Waals surface area contributed by atoms with Crippen LogP contribution in [-0.4, -0.2) is 46.7 Å². The summed E-state index contributed by atoms with van der Waals surface area (Å²) in [5.74, 6) is 2.89. The first-order valence-corrected chi connectivity index (χ1v) is 12.6. The molecule has 0 aliphatic carbocycles. The monoisotopic (exact) mass is 554 g/mol. The summed E-state index contributed by atoms with van der Waals surface area (Å²) in [5, 5.41) is 4.77. The number of halogens is 1. The predicted octanol–water partition coefficient (Wildman–Crippen LogP) is 5.36. The van der Waals surface area contributed by atoms with Crippen LogP contribution >= 0.6 is 11.6 Å². The fourth-order valence-corrected chi connectivity index (χ4v) is 4.43. The molecule has 1 unspecified atom stereocenters. The summed E-state index contributed by atoms with van der Waals surface area (Å²) in [6.07, 6.45) is 1.18. The van der Waals surface area contributed by atoms with E-state index in [4.69, 9.17) is 40.0 Å². The van der Waals surface area contributed by atoms with Crippen LogP contribution in [0.2, 0.25) is 5.02 Å². The first-order chi connectivity index (χ1) is 18.9. The number of carbonyl (C=O) groups is 1. The summed E-state index contributed by atoms with van der Waals surface area (Å²) < 4.78 is 34.2. The lowest BCUT2D eigenvalue weighted by Gasteiger charge is -2.29. The van der Waals surface area contributed by atoms with Crippen LogP contribution in [0.15, 0.2) is 53.6 Å². The highest BCUT2D eigenvalue weighted by Gasteiger charge is 2.27. The van der Waals surface area contributed by atoms with E-state index in [1.807, 2.05) is 24.3 Å². The van der Waals surface area contributed by atoms with Gasteiger partial charge in [0.05, 0.1) is 34.2 Å². The molecule has 9 nitrogen and oxygen atoms in total. The number of fused-ring (bicyclic) bond motifs is 1. The number of amides is 1. The smallest absolute Gasteiger partial charge is 0.277 e. The van der Waals surface area contributed by atoms with E-state index in [9.17, 15) is 4.79 Å². The molecule has 206 valence electrons. The molecule has 0 bridgehead atoms. The Hall–Kier alpha value is -4.11. The minimum Gasteiger partial charge on any atom is -0.496 e. The minimum atomic E-state index is -0.406. The maximum Gasteiger partial charge on any atom is 0.277 e. The van der Waals surface area contributed by atoms with Crippen LogP contribution in [0, 0.1) is 0 Å². The highest BCUT2D eigenvalue weighted by atomic mass is 35.5. The number of benzene rings is 3. The molecular weight excluding hydrogens is 524 g/mol. The summed E-state index contributed by atoms with van der Waals surface area (Å²) in [6, 6.07) is 14.5. The van der Waals surface area contributed by atoms with Gasteiger partial charge in [0, 0.05) is 22.7 Å². The third-order valence-electron chi connectivity index (χ3n) is 6.33. The molecule has 0 spiro atoms. The zero-order valence-electron chi connectivity index (χ0n) is 22.5. The predicted molar refractivity (Wildman–Crippen MR) is 148 cm³/mol. The van der Waals surface area contributed by atoms with Crippen LogP contribution < -0.4 is 33.8 Å². The number of rotatable bonds is 10. The number of methoxy groups -OCH3 is 4. The normalized spacial score (nSPS) is 14.5. The molecule has 1 N–H and O–H groups in total. The van der Waals surface area contributed by atoms with Gasteiger partial charge in [-0.25, -0.2) is 5.43 Å². The number of hydrogen-bond donors (Lipinski definition) is 1. The highest BCUT2D eigenvalue weighted by molar-refractivity contribution is 6.30. The quantitative estimate of drug-likeness (QED) is 0.266. The molecular formula is C29H31ClN2O7. The summed E-state index contributed by atoms with van der Waals surface area (Å²) in [7, 11) is 6.31. The Bertz CT molecular complexity index is 1330. The molecule has 0 saturated heterocycles. The van der Waals surface area contributed by atoms with Gasteiger partial charge in [-0.15, -0.1) is 0 Å². The van der Waals surface area contributed by atoms with Crippen molar-refractivity contribution < 1.29 is 33.2 Å². The van der Waals surface area contributed by atoms with Crippen molar-refractivity contribution in [2.45, 2.75) is 25.9 Å². The Morgan fingerprint density at radius 3 is 2.26 bits per heavy atom. The van der Waals surface area contributed by atoms with E-state index in [2.05, 4.69) is 10.5 Å². The molecule has 0 radical (unpaired) electrons. The second-order valence-corrected chi connectivity index (χ2v) is 9.17. The second kappa shape index (κ2) is 12.6. The number of carbonyl (C=O) groups excluding carboxylic acids is 1. The van der Waals surface area contributed by atoms with Gasteiger partial charge in [0.1, 0.15) is 23.4 Å². The highest BCUT2D eigenvalue weighted by Crippen LogP contribution is 2.45. The van der Waals surface area contributed by atoms with Crippen molar-refractivity contribution in [2.75, 3.05) is 35.0 Å². The zero-order valence-corrected chi connectivity index (χ0v) is 23.3. The Morgan fingerprint density at radius 2 is 1.64 bits per heavy atom. The fraction of sp³-hybridized carbons (Fsp3) is 0.310. The lowest BCUT2D eigenvalue weighted by atomic mass is 9.96. The minimum absolute atomic E-state index is 0.240. The van der Waals surface area contributed by atoms with Crippen LogP contribution in [0.4, 0.5) is 0 Å². The molecule has 10 heteroatoms. The lowest BCUT2D eigenvalue weighted by molar-refractivity contribution is -0.123. The van der Waals surface area contributed by atoms with Gasteiger partial charge < -0.3 is 28.4 Å². The van der Waals surface area contributed by atoms with Gasteiger partial charge >= 0.3 is 0 Å². The molecule has 3 aromatic rings. The van der Waals surface area contributed by atoms with Crippen LogP contribution in [0.25, 0.3) is 0 Å². The number of nitrogens with one attached hydrogen (secondary N) is 1. The number of hydrazone groups is 1. The largest absolute Gasteiger partial charge is 0.496 e. The molecule has 1 heterocycles. The van der Waals surface area contributed by atoms with Crippen molar-refractivity contribution in [1.29, 1.82) is 0 Å². The Morgan fingerprint density at radius 1 is 0.974 bits per heavy atom. The SMILES string of the molecule is COc1cc(OCC(=O)N/N=C(\C)c2ccc(Cl)cc2)cc2c1CCC(c1cc(OC)c(OC)c(OC)c1)O2. The van der Waals surface area contributed by atoms with Crippen LogP contribution in [0.5, 0.6) is 34.5 Å². The molecule has 0 saturated carbocycles. The molecule has 4 rings (SSSR count). The van der Waals surface area contributed by atoms with E-state index in [0.717, 1.165) is 29.5 Å². The van der Waals surface area contributed by atoms with Crippen molar-refractivity contribution in [2.24, 2.45) is 5.10 Å². The lowest BCUT2D eigenvalue weighted by Crippen LogP contribution is -2.25. The van der Waals surface area contributed by atoms with Gasteiger partial charge in [-0.3, -0.25) is 4.79 Å². The van der Waals surface area contributed by atoms with Crippen LogP contribution in [-0.2, 0) is 11.2 Å². The molecule has 0 fully saturated rings. The van der Waals surface area contributed by atoms with Gasteiger partial charge in [0.2, 0.25) is 5.75 Å².